The number of rotatable bonds is 7. The fourth-order valence-corrected chi connectivity index (χ4v) is 40.9. The Morgan fingerprint density at radius 2 is 0.904 bits per heavy atom. The third kappa shape index (κ3) is 6.29. The summed E-state index contributed by atoms with van der Waals surface area (Å²) in [5.74, 6) is -1.00. The molecule has 4 aromatic carbocycles. The van der Waals surface area contributed by atoms with Crippen LogP contribution >= 0.6 is 17.0 Å². The number of aryl methyl sites for hydroxylation is 2. The molecule has 4 heteroatoms. The average Bonchev–Trinajstić information content (AvgIpc) is 3.66. The monoisotopic (exact) mass is 825 g/mol. The van der Waals surface area contributed by atoms with Gasteiger partial charge in [-0.05, 0) is 0 Å². The SMILES string of the molecule is Cc1ccccc1-c1c(C(C)C)ccc2c1C=C(C(C)(C)C)[CH]2[Zr]([Cl])([Cl])([CH]1C(C(C)(C)C)=Cc2c1ccc(C(C)C)c2-c1ccccc1C)[SiH](C)C. The van der Waals surface area contributed by atoms with Crippen molar-refractivity contribution in [2.24, 2.45) is 10.8 Å². The van der Waals surface area contributed by atoms with Crippen LogP contribution in [0.1, 0.15) is 133 Å². The molecular formula is C48H61Cl2SiZr. The number of halogens is 2. The van der Waals surface area contributed by atoms with Crippen molar-refractivity contribution in [3.63, 3.8) is 0 Å². The normalized spacial score (nSPS) is 18.4. The molecule has 0 spiro atoms. The van der Waals surface area contributed by atoms with Crippen LogP contribution < -0.4 is 0 Å². The molecule has 0 radical (unpaired) electrons. The Hall–Kier alpha value is -1.96. The molecule has 0 aromatic heterocycles. The van der Waals surface area contributed by atoms with Gasteiger partial charge in [0.1, 0.15) is 0 Å². The van der Waals surface area contributed by atoms with Crippen molar-refractivity contribution >= 4 is 35.1 Å². The summed E-state index contributed by atoms with van der Waals surface area (Å²) in [5.41, 5.74) is 18.8. The fraction of sp³-hybridized carbons (Fsp3) is 0.417. The van der Waals surface area contributed by atoms with Gasteiger partial charge in [-0.2, -0.15) is 0 Å². The fourth-order valence-electron chi connectivity index (χ4n) is 9.52. The van der Waals surface area contributed by atoms with E-state index in [1.807, 2.05) is 0 Å². The standard InChI is InChI=1S/2C23H27.C2H7Si.2ClH.Zr/c2*1-15(2)19-12-11-17-13-18(23(4,5)6)14-21(17)22(19)20-10-8-7-9-16(20)3;1-3-2;;;/h2*7-15H,1-6H3;3H,1-2H3;2*1H;/q;;;;;+2/p-2. The van der Waals surface area contributed by atoms with Gasteiger partial charge < -0.3 is 0 Å². The molecule has 0 nitrogen and oxygen atoms in total. The van der Waals surface area contributed by atoms with E-state index in [0.717, 1.165) is 0 Å². The second kappa shape index (κ2) is 13.7. The summed E-state index contributed by atoms with van der Waals surface area (Å²) in [6.45, 7) is 33.1. The van der Waals surface area contributed by atoms with Gasteiger partial charge in [-0.15, -0.1) is 0 Å². The Labute approximate surface area is 324 Å². The van der Waals surface area contributed by atoms with Gasteiger partial charge in [-0.1, -0.05) is 0 Å². The van der Waals surface area contributed by atoms with Crippen LogP contribution in [0.5, 0.6) is 0 Å². The van der Waals surface area contributed by atoms with E-state index in [0.29, 0.717) is 11.8 Å². The molecule has 0 fully saturated rings. The van der Waals surface area contributed by atoms with Crippen LogP contribution in [-0.2, 0) is 15.6 Å². The van der Waals surface area contributed by atoms with Crippen molar-refractivity contribution < 1.29 is 15.6 Å². The molecule has 2 aliphatic carbocycles. The van der Waals surface area contributed by atoms with Gasteiger partial charge in [-0.25, -0.2) is 0 Å². The van der Waals surface area contributed by atoms with Gasteiger partial charge in [0.2, 0.25) is 0 Å². The second-order valence-corrected chi connectivity index (χ2v) is 61.5. The summed E-state index contributed by atoms with van der Waals surface area (Å²) in [4.78, 5) is 0. The van der Waals surface area contributed by atoms with Gasteiger partial charge in [0.25, 0.3) is 0 Å². The summed E-state index contributed by atoms with van der Waals surface area (Å²) in [6.07, 6.45) is 5.11. The van der Waals surface area contributed by atoms with Gasteiger partial charge in [0.05, 0.1) is 0 Å². The van der Waals surface area contributed by atoms with Crippen molar-refractivity contribution in [1.29, 1.82) is 0 Å². The van der Waals surface area contributed by atoms with Crippen LogP contribution in [0.2, 0.25) is 13.1 Å². The predicted octanol–water partition coefficient (Wildman–Crippen LogP) is 15.5. The van der Waals surface area contributed by atoms with E-state index >= 15 is 0 Å². The molecule has 2 atom stereocenters. The van der Waals surface area contributed by atoms with Crippen LogP contribution in [0.3, 0.4) is 0 Å². The van der Waals surface area contributed by atoms with E-state index in [2.05, 4.69) is 181 Å². The number of fused-ring (bicyclic) bond motifs is 2. The van der Waals surface area contributed by atoms with Crippen LogP contribution in [-0.4, -0.2) is 5.92 Å². The Kier molecular flexibility index (Phi) is 10.4. The van der Waals surface area contributed by atoms with Crippen molar-refractivity contribution in [3.05, 3.63) is 128 Å². The van der Waals surface area contributed by atoms with Crippen LogP contribution in [0, 0.1) is 24.7 Å². The molecule has 52 heavy (non-hydrogen) atoms. The molecular weight excluding hydrogens is 767 g/mol. The Morgan fingerprint density at radius 3 is 1.19 bits per heavy atom. The van der Waals surface area contributed by atoms with E-state index in [4.69, 9.17) is 17.0 Å². The van der Waals surface area contributed by atoms with E-state index < -0.39 is 21.5 Å². The molecule has 0 bridgehead atoms. The molecule has 0 heterocycles. The van der Waals surface area contributed by atoms with E-state index in [9.17, 15) is 0 Å². The Balaban J connectivity index is 1.74. The van der Waals surface area contributed by atoms with Gasteiger partial charge in [0, 0.05) is 0 Å². The third-order valence-corrected chi connectivity index (χ3v) is 64.0. The first-order valence-corrected chi connectivity index (χ1v) is 35.9. The summed E-state index contributed by atoms with van der Waals surface area (Å²) in [5, 5.41) is 0. The summed E-state index contributed by atoms with van der Waals surface area (Å²) in [7, 11) is 18.0. The molecule has 0 saturated carbocycles. The van der Waals surface area contributed by atoms with Crippen molar-refractivity contribution in [2.75, 3.05) is 0 Å². The molecule has 0 aliphatic heterocycles. The van der Waals surface area contributed by atoms with Crippen molar-refractivity contribution in [3.8, 4) is 22.3 Å². The van der Waals surface area contributed by atoms with Gasteiger partial charge in [0.15, 0.2) is 0 Å². The number of hydrogen-bond donors (Lipinski definition) is 0. The minimum atomic E-state index is -5.10. The molecule has 0 N–H and O–H groups in total. The molecule has 2 unspecified atom stereocenters. The zero-order valence-electron chi connectivity index (χ0n) is 34.2. The minimum absolute atomic E-state index is 0.0174. The maximum atomic E-state index is 9.02. The molecule has 2 aliphatic rings. The van der Waals surface area contributed by atoms with Crippen LogP contribution in [0.15, 0.2) is 83.9 Å². The first-order valence-electron chi connectivity index (χ1n) is 19.6. The molecule has 275 valence electrons. The predicted molar refractivity (Wildman–Crippen MR) is 232 cm³/mol. The number of benzene rings is 4. The quantitative estimate of drug-likeness (QED) is 0.163. The first kappa shape index (κ1) is 39.7. The first-order chi connectivity index (χ1) is 24.1. The Morgan fingerprint density at radius 1 is 0.558 bits per heavy atom. The van der Waals surface area contributed by atoms with Crippen LogP contribution in [0.25, 0.3) is 34.4 Å². The van der Waals surface area contributed by atoms with Crippen molar-refractivity contribution in [1.82, 2.24) is 0 Å². The van der Waals surface area contributed by atoms with Crippen LogP contribution in [0.4, 0.5) is 0 Å². The molecule has 4 aromatic rings. The zero-order chi connectivity index (χ0) is 38.3. The van der Waals surface area contributed by atoms with Gasteiger partial charge in [-0.3, -0.25) is 0 Å². The number of allylic oxidation sites excluding steroid dienone is 2. The second-order valence-electron chi connectivity index (χ2n) is 19.0. The maximum absolute atomic E-state index is 9.02. The van der Waals surface area contributed by atoms with Gasteiger partial charge >= 0.3 is 327 Å². The summed E-state index contributed by atoms with van der Waals surface area (Å²) < 4.78 is 0.0348. The summed E-state index contributed by atoms with van der Waals surface area (Å²) in [6, 6.07) is 27.5. The number of hydrogen-bond acceptors (Lipinski definition) is 0. The van der Waals surface area contributed by atoms with E-state index in [-0.39, 0.29) is 18.1 Å². The summed E-state index contributed by atoms with van der Waals surface area (Å²) >= 11 is -5.10. The zero-order valence-corrected chi connectivity index (χ0v) is 39.4. The average molecular weight is 828 g/mol. The molecule has 6 rings (SSSR count). The van der Waals surface area contributed by atoms with Crippen molar-refractivity contribution in [2.45, 2.75) is 115 Å². The Bertz CT molecular complexity index is 1970. The third-order valence-electron chi connectivity index (χ3n) is 12.5. The molecule has 0 amide bonds. The van der Waals surface area contributed by atoms with E-state index in [1.54, 1.807) is 0 Å². The molecule has 0 saturated heterocycles. The topological polar surface area (TPSA) is 0 Å². The van der Waals surface area contributed by atoms with E-state index in [1.165, 1.54) is 77.9 Å².